The molecular weight excluding hydrogens is 321 g/mol. The van der Waals surface area contributed by atoms with Crippen LogP contribution in [0.15, 0.2) is 24.4 Å². The van der Waals surface area contributed by atoms with Crippen LogP contribution in [-0.2, 0) is 6.18 Å². The summed E-state index contributed by atoms with van der Waals surface area (Å²) in [7, 11) is 2.00. The van der Waals surface area contributed by atoms with Crippen LogP contribution >= 0.6 is 0 Å². The molecule has 8 heteroatoms. The van der Waals surface area contributed by atoms with E-state index in [0.717, 1.165) is 25.9 Å². The maximum atomic E-state index is 12.6. The number of nitrogens with one attached hydrogen (secondary N) is 1. The lowest BCUT2D eigenvalue weighted by molar-refractivity contribution is -0.141. The summed E-state index contributed by atoms with van der Waals surface area (Å²) in [5.74, 6) is -0.251. The number of hydrogen-bond acceptors (Lipinski definition) is 4. The fourth-order valence-electron chi connectivity index (χ4n) is 2.84. The molecule has 2 heterocycles. The van der Waals surface area contributed by atoms with Gasteiger partial charge in [-0.2, -0.15) is 13.2 Å². The van der Waals surface area contributed by atoms with Crippen molar-refractivity contribution in [1.29, 1.82) is 0 Å². The predicted molar refractivity (Wildman–Crippen MR) is 82.5 cm³/mol. The van der Waals surface area contributed by atoms with E-state index in [1.54, 1.807) is 0 Å². The summed E-state index contributed by atoms with van der Waals surface area (Å²) in [6.07, 6.45) is -1.92. The number of alkyl halides is 3. The van der Waals surface area contributed by atoms with Gasteiger partial charge >= 0.3 is 6.18 Å². The van der Waals surface area contributed by atoms with Crippen molar-refractivity contribution in [1.82, 2.24) is 20.2 Å². The molecule has 0 bridgehead atoms. The van der Waals surface area contributed by atoms with Gasteiger partial charge in [0.05, 0.1) is 17.2 Å². The summed E-state index contributed by atoms with van der Waals surface area (Å²) in [4.78, 5) is 21.8. The van der Waals surface area contributed by atoms with Crippen molar-refractivity contribution in [2.45, 2.75) is 25.1 Å². The number of nitrogens with zero attached hydrogens (tertiary/aromatic N) is 3. The minimum atomic E-state index is -4.54. The minimum Gasteiger partial charge on any atom is -0.348 e. The topological polar surface area (TPSA) is 58.1 Å². The van der Waals surface area contributed by atoms with Crippen LogP contribution in [0.1, 0.15) is 28.9 Å². The lowest BCUT2D eigenvalue weighted by Crippen LogP contribution is -2.46. The van der Waals surface area contributed by atoms with Crippen molar-refractivity contribution in [2.24, 2.45) is 0 Å². The van der Waals surface area contributed by atoms with Gasteiger partial charge in [-0.05, 0) is 44.6 Å². The fourth-order valence-corrected chi connectivity index (χ4v) is 2.84. The second-order valence-corrected chi connectivity index (χ2v) is 6.03. The van der Waals surface area contributed by atoms with E-state index in [-0.39, 0.29) is 23.0 Å². The number of amides is 1. The number of carbonyl (C=O) groups excluding carboxylic acids is 1. The number of likely N-dealkylation sites (N-methyl/N-ethyl adjacent to an activating group) is 1. The van der Waals surface area contributed by atoms with Gasteiger partial charge in [-0.15, -0.1) is 0 Å². The summed E-state index contributed by atoms with van der Waals surface area (Å²) in [6, 6.07) is 4.40. The van der Waals surface area contributed by atoms with Gasteiger partial charge in [0.2, 0.25) is 0 Å². The highest BCUT2D eigenvalue weighted by Crippen LogP contribution is 2.28. The third kappa shape index (κ3) is 3.64. The summed E-state index contributed by atoms with van der Waals surface area (Å²) in [6.45, 7) is 1.80. The maximum Gasteiger partial charge on any atom is 0.434 e. The number of rotatable bonds is 2. The lowest BCUT2D eigenvalue weighted by atomic mass is 10.1. The number of aromatic nitrogens is 2. The number of likely N-dealkylation sites (tertiary alicyclic amines) is 1. The first kappa shape index (κ1) is 16.6. The summed E-state index contributed by atoms with van der Waals surface area (Å²) in [5.41, 5.74) is -0.308. The molecule has 128 valence electrons. The Bertz CT molecular complexity index is 763. The molecule has 24 heavy (non-hydrogen) atoms. The zero-order valence-electron chi connectivity index (χ0n) is 13.1. The molecule has 0 saturated carbocycles. The van der Waals surface area contributed by atoms with E-state index < -0.39 is 11.9 Å². The van der Waals surface area contributed by atoms with Gasteiger partial charge in [-0.1, -0.05) is 0 Å². The Morgan fingerprint density at radius 3 is 2.83 bits per heavy atom. The highest BCUT2D eigenvalue weighted by atomic mass is 19.4. The maximum absolute atomic E-state index is 12.6. The van der Waals surface area contributed by atoms with E-state index >= 15 is 0 Å². The Hall–Kier alpha value is -2.22. The molecule has 1 saturated heterocycles. The normalized spacial score (nSPS) is 19.4. The molecule has 3 rings (SSSR count). The molecule has 1 aliphatic rings. The Balaban J connectivity index is 1.79. The Morgan fingerprint density at radius 2 is 2.12 bits per heavy atom. The van der Waals surface area contributed by atoms with E-state index in [1.807, 2.05) is 7.05 Å². The van der Waals surface area contributed by atoms with E-state index in [9.17, 15) is 18.0 Å². The van der Waals surface area contributed by atoms with E-state index in [1.165, 1.54) is 18.2 Å². The number of fused-ring (bicyclic) bond motifs is 1. The van der Waals surface area contributed by atoms with Crippen molar-refractivity contribution >= 4 is 16.9 Å². The SMILES string of the molecule is CN1CCC[C@@H](NC(=O)c2ccc3nc(C(F)(F)F)cnc3c2)C1. The van der Waals surface area contributed by atoms with Crippen LogP contribution in [0.4, 0.5) is 13.2 Å². The van der Waals surface area contributed by atoms with Crippen LogP contribution in [0.25, 0.3) is 11.0 Å². The Labute approximate surface area is 136 Å². The molecule has 1 aromatic heterocycles. The second-order valence-electron chi connectivity index (χ2n) is 6.03. The van der Waals surface area contributed by atoms with Crippen molar-refractivity contribution in [3.05, 3.63) is 35.7 Å². The molecule has 1 aromatic carbocycles. The Morgan fingerprint density at radius 1 is 1.33 bits per heavy atom. The summed E-state index contributed by atoms with van der Waals surface area (Å²) in [5, 5.41) is 2.96. The van der Waals surface area contributed by atoms with Crippen LogP contribution in [0, 0.1) is 0 Å². The van der Waals surface area contributed by atoms with E-state index in [4.69, 9.17) is 0 Å². The van der Waals surface area contributed by atoms with Gasteiger partial charge in [-0.25, -0.2) is 4.98 Å². The quantitative estimate of drug-likeness (QED) is 0.914. The van der Waals surface area contributed by atoms with Crippen molar-refractivity contribution < 1.29 is 18.0 Å². The third-order valence-corrected chi connectivity index (χ3v) is 4.05. The van der Waals surface area contributed by atoms with Gasteiger partial charge < -0.3 is 10.2 Å². The largest absolute Gasteiger partial charge is 0.434 e. The Kier molecular flexibility index (Phi) is 4.40. The number of hydrogen-bond donors (Lipinski definition) is 1. The van der Waals surface area contributed by atoms with Crippen molar-refractivity contribution in [3.8, 4) is 0 Å². The van der Waals surface area contributed by atoms with Gasteiger partial charge in [0.1, 0.15) is 0 Å². The molecule has 1 amide bonds. The molecule has 0 spiro atoms. The zero-order chi connectivity index (χ0) is 17.3. The molecule has 1 atom stereocenters. The molecule has 0 unspecified atom stereocenters. The zero-order valence-corrected chi connectivity index (χ0v) is 13.1. The first-order valence-electron chi connectivity index (χ1n) is 7.66. The highest BCUT2D eigenvalue weighted by molar-refractivity contribution is 5.97. The molecule has 5 nitrogen and oxygen atoms in total. The average Bonchev–Trinajstić information content (AvgIpc) is 2.53. The van der Waals surface area contributed by atoms with Gasteiger partial charge in [-0.3, -0.25) is 9.78 Å². The molecule has 1 N–H and O–H groups in total. The summed E-state index contributed by atoms with van der Waals surface area (Å²) < 4.78 is 37.9. The predicted octanol–water partition coefficient (Wildman–Crippen LogP) is 2.47. The smallest absolute Gasteiger partial charge is 0.348 e. The third-order valence-electron chi connectivity index (χ3n) is 4.05. The van der Waals surface area contributed by atoms with Crippen molar-refractivity contribution in [3.63, 3.8) is 0 Å². The lowest BCUT2D eigenvalue weighted by Gasteiger charge is -2.30. The standard InChI is InChI=1S/C16H17F3N4O/c1-23-6-2-3-11(9-23)21-15(24)10-4-5-12-13(7-10)20-8-14(22-12)16(17,18)19/h4-5,7-8,11H,2-3,6,9H2,1H3,(H,21,24)/t11-/m1/s1. The first-order chi connectivity index (χ1) is 11.3. The monoisotopic (exact) mass is 338 g/mol. The van der Waals surface area contributed by atoms with Gasteiger partial charge in [0, 0.05) is 18.2 Å². The molecule has 2 aromatic rings. The highest BCUT2D eigenvalue weighted by Gasteiger charge is 2.33. The van der Waals surface area contributed by atoms with Crippen LogP contribution < -0.4 is 5.32 Å². The van der Waals surface area contributed by atoms with Gasteiger partial charge in [0.15, 0.2) is 5.69 Å². The van der Waals surface area contributed by atoms with Crippen LogP contribution in [-0.4, -0.2) is 47.0 Å². The molecule has 1 aliphatic heterocycles. The van der Waals surface area contributed by atoms with E-state index in [2.05, 4.69) is 20.2 Å². The first-order valence-corrected chi connectivity index (χ1v) is 7.66. The fraction of sp³-hybridized carbons (Fsp3) is 0.438. The number of halogens is 3. The molecule has 1 fully saturated rings. The summed E-state index contributed by atoms with van der Waals surface area (Å²) >= 11 is 0. The second kappa shape index (κ2) is 6.35. The average molecular weight is 338 g/mol. The van der Waals surface area contributed by atoms with Crippen LogP contribution in [0.3, 0.4) is 0 Å². The van der Waals surface area contributed by atoms with E-state index in [0.29, 0.717) is 11.8 Å². The molecule has 0 radical (unpaired) electrons. The van der Waals surface area contributed by atoms with Gasteiger partial charge in [0.25, 0.3) is 5.91 Å². The minimum absolute atomic E-state index is 0.0747. The number of piperidine rings is 1. The van der Waals surface area contributed by atoms with Crippen LogP contribution in [0.2, 0.25) is 0 Å². The molecule has 0 aliphatic carbocycles. The number of benzene rings is 1. The van der Waals surface area contributed by atoms with Crippen LogP contribution in [0.5, 0.6) is 0 Å². The van der Waals surface area contributed by atoms with Crippen molar-refractivity contribution in [2.75, 3.05) is 20.1 Å². The number of carbonyl (C=O) groups is 1. The molecular formula is C16H17F3N4O.